The quantitative estimate of drug-likeness (QED) is 0.674. The highest BCUT2D eigenvalue weighted by Gasteiger charge is 2.15. The fraction of sp³-hybridized carbons (Fsp3) is 0.0526. The van der Waals surface area contributed by atoms with Gasteiger partial charge in [0, 0.05) is 16.5 Å². The number of hydrogen-bond acceptors (Lipinski definition) is 3. The molecule has 0 unspecified atom stereocenters. The van der Waals surface area contributed by atoms with Crippen molar-refractivity contribution in [1.82, 2.24) is 10.3 Å². The zero-order valence-electron chi connectivity index (χ0n) is 12.7. The highest BCUT2D eigenvalue weighted by molar-refractivity contribution is 7.07. The van der Waals surface area contributed by atoms with E-state index in [1.54, 1.807) is 11.6 Å². The minimum atomic E-state index is -0.240. The molecule has 1 heterocycles. The molecule has 0 spiro atoms. The smallest absolute Gasteiger partial charge is 0.244 e. The molecule has 3 rings (SSSR count). The molecule has 0 aliphatic rings. The van der Waals surface area contributed by atoms with Crippen molar-refractivity contribution in [2.75, 3.05) is 0 Å². The van der Waals surface area contributed by atoms with Crippen molar-refractivity contribution in [2.24, 2.45) is 0 Å². The third-order valence-electron chi connectivity index (χ3n) is 3.48. The number of carbonyl (C=O) groups is 1. The minimum Gasteiger partial charge on any atom is -0.342 e. The molecule has 0 aliphatic heterocycles. The van der Waals surface area contributed by atoms with Crippen LogP contribution in [0.4, 0.5) is 0 Å². The number of benzene rings is 2. The van der Waals surface area contributed by atoms with Crippen LogP contribution in [0.15, 0.2) is 71.6 Å². The predicted molar refractivity (Wildman–Crippen MR) is 99.0 cm³/mol. The molecule has 1 atom stereocenters. The number of aromatic nitrogens is 1. The summed E-state index contributed by atoms with van der Waals surface area (Å²) in [5.74, 6) is -0.174. The Morgan fingerprint density at radius 2 is 1.79 bits per heavy atom. The molecular formula is C19H15ClN2OS. The lowest BCUT2D eigenvalue weighted by molar-refractivity contribution is -0.116. The van der Waals surface area contributed by atoms with Crippen LogP contribution >= 0.6 is 22.9 Å². The van der Waals surface area contributed by atoms with Gasteiger partial charge in [0.1, 0.15) is 0 Å². The van der Waals surface area contributed by atoms with E-state index >= 15 is 0 Å². The third-order valence-corrected chi connectivity index (χ3v) is 4.34. The maximum atomic E-state index is 12.3. The lowest BCUT2D eigenvalue weighted by atomic mass is 9.98. The summed E-state index contributed by atoms with van der Waals surface area (Å²) in [6.07, 6.45) is 3.21. The first-order valence-electron chi connectivity index (χ1n) is 7.39. The van der Waals surface area contributed by atoms with E-state index in [0.29, 0.717) is 5.02 Å². The lowest BCUT2D eigenvalue weighted by Crippen LogP contribution is -2.27. The summed E-state index contributed by atoms with van der Waals surface area (Å²) in [6, 6.07) is 17.1. The van der Waals surface area contributed by atoms with Crippen molar-refractivity contribution in [2.45, 2.75) is 6.04 Å². The van der Waals surface area contributed by atoms with Crippen molar-refractivity contribution in [3.8, 4) is 0 Å². The molecule has 0 fully saturated rings. The lowest BCUT2D eigenvalue weighted by Gasteiger charge is -2.19. The van der Waals surface area contributed by atoms with Crippen LogP contribution in [0, 0.1) is 0 Å². The molecule has 3 nitrogen and oxygen atoms in total. The Morgan fingerprint density at radius 1 is 1.08 bits per heavy atom. The first-order chi connectivity index (χ1) is 11.7. The first kappa shape index (κ1) is 16.4. The number of hydrogen-bond donors (Lipinski definition) is 1. The second kappa shape index (κ2) is 7.90. The van der Waals surface area contributed by atoms with Crippen LogP contribution in [0.5, 0.6) is 0 Å². The Labute approximate surface area is 149 Å². The van der Waals surface area contributed by atoms with Crippen molar-refractivity contribution >= 4 is 34.9 Å². The number of amides is 1. The first-order valence-corrected chi connectivity index (χ1v) is 8.71. The van der Waals surface area contributed by atoms with E-state index in [1.807, 2.05) is 60.0 Å². The van der Waals surface area contributed by atoms with Gasteiger partial charge < -0.3 is 5.32 Å². The van der Waals surface area contributed by atoms with E-state index in [4.69, 9.17) is 11.6 Å². The SMILES string of the molecule is O=C(/C=C\c1cscn1)N[C@H](c1ccccc1)c1ccc(Cl)cc1. The number of nitrogens with one attached hydrogen (secondary N) is 1. The van der Waals surface area contributed by atoms with Gasteiger partial charge in [-0.2, -0.15) is 0 Å². The van der Waals surface area contributed by atoms with Crippen molar-refractivity contribution in [1.29, 1.82) is 0 Å². The van der Waals surface area contributed by atoms with Gasteiger partial charge >= 0.3 is 0 Å². The maximum absolute atomic E-state index is 12.3. The Balaban J connectivity index is 1.82. The van der Waals surface area contributed by atoms with Gasteiger partial charge in [0.15, 0.2) is 0 Å². The van der Waals surface area contributed by atoms with E-state index in [2.05, 4.69) is 10.3 Å². The molecule has 5 heteroatoms. The molecule has 0 radical (unpaired) electrons. The molecule has 1 N–H and O–H groups in total. The number of rotatable bonds is 5. The van der Waals surface area contributed by atoms with E-state index in [9.17, 15) is 4.79 Å². The normalized spacial score (nSPS) is 12.2. The van der Waals surface area contributed by atoms with Crippen LogP contribution in [-0.4, -0.2) is 10.9 Å². The summed E-state index contributed by atoms with van der Waals surface area (Å²) in [7, 11) is 0. The molecule has 0 bridgehead atoms. The van der Waals surface area contributed by atoms with Crippen molar-refractivity contribution in [3.05, 3.63) is 93.4 Å². The van der Waals surface area contributed by atoms with Crippen molar-refractivity contribution in [3.63, 3.8) is 0 Å². The van der Waals surface area contributed by atoms with E-state index in [-0.39, 0.29) is 11.9 Å². The summed E-state index contributed by atoms with van der Waals surface area (Å²) in [6.45, 7) is 0. The largest absolute Gasteiger partial charge is 0.342 e. The molecule has 24 heavy (non-hydrogen) atoms. The number of carbonyl (C=O) groups excluding carboxylic acids is 1. The maximum Gasteiger partial charge on any atom is 0.244 e. The Bertz CT molecular complexity index is 814. The molecule has 0 aliphatic carbocycles. The molecule has 3 aromatic rings. The standard InChI is InChI=1S/C19H15ClN2OS/c20-16-8-6-15(7-9-16)19(14-4-2-1-3-5-14)22-18(23)11-10-17-12-24-13-21-17/h1-13,19H,(H,22,23)/b11-10-/t19-/m1/s1. The summed E-state index contributed by atoms with van der Waals surface area (Å²) < 4.78 is 0. The monoisotopic (exact) mass is 354 g/mol. The topological polar surface area (TPSA) is 42.0 Å². The van der Waals surface area contributed by atoms with Crippen LogP contribution in [0.25, 0.3) is 6.08 Å². The number of nitrogens with zero attached hydrogens (tertiary/aromatic N) is 1. The van der Waals surface area contributed by atoms with Crippen LogP contribution < -0.4 is 5.32 Å². The van der Waals surface area contributed by atoms with Gasteiger partial charge in [-0.3, -0.25) is 4.79 Å². The fourth-order valence-corrected chi connectivity index (χ4v) is 2.96. The number of halogens is 1. The van der Waals surface area contributed by atoms with Crippen LogP contribution in [0.1, 0.15) is 22.9 Å². The Kier molecular flexibility index (Phi) is 5.41. The van der Waals surface area contributed by atoms with Gasteiger partial charge in [-0.15, -0.1) is 11.3 Å². The van der Waals surface area contributed by atoms with Gasteiger partial charge in [-0.05, 0) is 29.3 Å². The van der Waals surface area contributed by atoms with Gasteiger partial charge in [0.2, 0.25) is 5.91 Å². The molecule has 0 saturated heterocycles. The summed E-state index contributed by atoms with van der Waals surface area (Å²) in [5.41, 5.74) is 4.49. The van der Waals surface area contributed by atoms with Crippen LogP contribution in [0.3, 0.4) is 0 Å². The van der Waals surface area contributed by atoms with Crippen LogP contribution in [0.2, 0.25) is 5.02 Å². The third kappa shape index (κ3) is 4.31. The molecule has 1 amide bonds. The van der Waals surface area contributed by atoms with Crippen LogP contribution in [-0.2, 0) is 4.79 Å². The second-order valence-corrected chi connectivity index (χ2v) is 6.31. The van der Waals surface area contributed by atoms with Gasteiger partial charge in [0.05, 0.1) is 17.2 Å². The zero-order chi connectivity index (χ0) is 16.8. The minimum absolute atomic E-state index is 0.174. The molecule has 0 saturated carbocycles. The molecular weight excluding hydrogens is 340 g/mol. The summed E-state index contributed by atoms with van der Waals surface area (Å²) >= 11 is 7.46. The zero-order valence-corrected chi connectivity index (χ0v) is 14.3. The Hall–Kier alpha value is -2.43. The summed E-state index contributed by atoms with van der Waals surface area (Å²) in [4.78, 5) is 16.4. The average molecular weight is 355 g/mol. The van der Waals surface area contributed by atoms with E-state index in [1.165, 1.54) is 17.4 Å². The average Bonchev–Trinajstić information content (AvgIpc) is 3.13. The van der Waals surface area contributed by atoms with E-state index < -0.39 is 0 Å². The second-order valence-electron chi connectivity index (χ2n) is 5.15. The molecule has 2 aromatic carbocycles. The van der Waals surface area contributed by atoms with Gasteiger partial charge in [-0.25, -0.2) is 4.98 Å². The van der Waals surface area contributed by atoms with Gasteiger partial charge in [-0.1, -0.05) is 54.1 Å². The predicted octanol–water partition coefficient (Wildman–Crippen LogP) is 4.72. The Morgan fingerprint density at radius 3 is 2.46 bits per heavy atom. The summed E-state index contributed by atoms with van der Waals surface area (Å²) in [5, 5.41) is 5.59. The van der Waals surface area contributed by atoms with Gasteiger partial charge in [0.25, 0.3) is 0 Å². The highest BCUT2D eigenvalue weighted by atomic mass is 35.5. The highest BCUT2D eigenvalue weighted by Crippen LogP contribution is 2.23. The molecule has 120 valence electrons. The van der Waals surface area contributed by atoms with E-state index in [0.717, 1.165) is 16.8 Å². The number of thiazole rings is 1. The fourth-order valence-electron chi connectivity index (χ4n) is 2.32. The van der Waals surface area contributed by atoms with Crippen molar-refractivity contribution < 1.29 is 4.79 Å². The molecule has 1 aromatic heterocycles.